The lowest BCUT2D eigenvalue weighted by Crippen LogP contribution is -2.70. The van der Waals surface area contributed by atoms with Crippen molar-refractivity contribution in [1.29, 1.82) is 0 Å². The number of benzene rings is 5. The Bertz CT molecular complexity index is 1800. The molecule has 0 atom stereocenters. The molecular formula is C43H47BN2Si. The summed E-state index contributed by atoms with van der Waals surface area (Å²) in [5.74, 6) is 0.208. The van der Waals surface area contributed by atoms with Crippen LogP contribution in [0.1, 0.15) is 69.6 Å². The average Bonchev–Trinajstić information content (AvgIpc) is 3.53. The predicted molar refractivity (Wildman–Crippen MR) is 205 cm³/mol. The zero-order chi connectivity index (χ0) is 33.1. The van der Waals surface area contributed by atoms with Crippen LogP contribution in [0.5, 0.6) is 0 Å². The molecule has 0 spiro atoms. The SMILES string of the molecule is CC(C)(C)c1cccc([Si](Cn2ccnc2BC(c2ccccc2)c2ccccc2)(c2ccccc2)c2cccc(C(C)(C)C)c2)c1. The first-order chi connectivity index (χ1) is 22.6. The minimum absolute atomic E-state index is 0.0405. The van der Waals surface area contributed by atoms with E-state index in [2.05, 4.69) is 192 Å². The molecule has 0 fully saturated rings. The van der Waals surface area contributed by atoms with Gasteiger partial charge in [-0.05, 0) is 54.5 Å². The molecule has 5 aromatic carbocycles. The lowest BCUT2D eigenvalue weighted by molar-refractivity contribution is 0.590. The highest BCUT2D eigenvalue weighted by Crippen LogP contribution is 2.26. The van der Waals surface area contributed by atoms with E-state index in [1.165, 1.54) is 37.8 Å². The monoisotopic (exact) mass is 630 g/mol. The van der Waals surface area contributed by atoms with Crippen molar-refractivity contribution in [1.82, 2.24) is 9.55 Å². The molecule has 0 aliphatic rings. The highest BCUT2D eigenvalue weighted by Gasteiger charge is 2.41. The van der Waals surface area contributed by atoms with Crippen molar-refractivity contribution in [2.45, 2.75) is 64.4 Å². The minimum Gasteiger partial charge on any atom is -0.345 e. The van der Waals surface area contributed by atoms with Crippen LogP contribution in [0.15, 0.2) is 152 Å². The maximum absolute atomic E-state index is 5.07. The molecule has 47 heavy (non-hydrogen) atoms. The summed E-state index contributed by atoms with van der Waals surface area (Å²) in [5.41, 5.74) is 6.57. The number of nitrogens with zero attached hydrogens (tertiary/aromatic N) is 2. The van der Waals surface area contributed by atoms with Crippen molar-refractivity contribution in [2.24, 2.45) is 0 Å². The van der Waals surface area contributed by atoms with Gasteiger partial charge in [0.1, 0.15) is 0 Å². The molecule has 0 aliphatic carbocycles. The van der Waals surface area contributed by atoms with Crippen LogP contribution in [-0.2, 0) is 17.0 Å². The van der Waals surface area contributed by atoms with Gasteiger partial charge in [0.25, 0.3) is 0 Å². The van der Waals surface area contributed by atoms with Crippen LogP contribution in [0.3, 0.4) is 0 Å². The molecule has 1 aromatic heterocycles. The fourth-order valence-corrected chi connectivity index (χ4v) is 11.6. The summed E-state index contributed by atoms with van der Waals surface area (Å²) in [4.78, 5) is 5.07. The standard InChI is InChI=1S/C43H47BN2Si/c1-42(2,3)35-22-16-26-38(30-35)47(37-24-14-9-15-25-37,39-27-17-23-36(31-39)43(4,5)6)32-46-29-28-45-41(46)44-40(33-18-10-7-11-19-33)34-20-12-8-13-21-34/h7-31,40,44H,32H2,1-6H3. The summed E-state index contributed by atoms with van der Waals surface area (Å²) in [7, 11) is -1.84. The molecule has 0 saturated heterocycles. The molecule has 0 saturated carbocycles. The van der Waals surface area contributed by atoms with Gasteiger partial charge in [0.05, 0.1) is 5.72 Å². The number of rotatable bonds is 9. The lowest BCUT2D eigenvalue weighted by atomic mass is 9.58. The number of imidazole rings is 1. The van der Waals surface area contributed by atoms with Gasteiger partial charge in [0.15, 0.2) is 8.07 Å². The third kappa shape index (κ3) is 6.99. The van der Waals surface area contributed by atoms with Crippen molar-refractivity contribution >= 4 is 36.6 Å². The highest BCUT2D eigenvalue weighted by molar-refractivity contribution is 7.10. The smallest absolute Gasteiger partial charge is 0.217 e. The van der Waals surface area contributed by atoms with Gasteiger partial charge in [-0.1, -0.05) is 181 Å². The van der Waals surface area contributed by atoms with Gasteiger partial charge in [-0.2, -0.15) is 0 Å². The molecule has 236 valence electrons. The maximum atomic E-state index is 5.07. The Kier molecular flexibility index (Phi) is 9.25. The highest BCUT2D eigenvalue weighted by atomic mass is 28.3. The van der Waals surface area contributed by atoms with Crippen molar-refractivity contribution in [3.05, 3.63) is 174 Å². The number of hydrogen-bond acceptors (Lipinski definition) is 1. The van der Waals surface area contributed by atoms with Crippen LogP contribution >= 0.6 is 0 Å². The first-order valence-corrected chi connectivity index (χ1v) is 19.1. The van der Waals surface area contributed by atoms with Crippen molar-refractivity contribution < 1.29 is 0 Å². The summed E-state index contributed by atoms with van der Waals surface area (Å²) in [6.45, 7) is 13.9. The fourth-order valence-electron chi connectivity index (χ4n) is 6.91. The molecule has 0 unspecified atom stereocenters. The first-order valence-electron chi connectivity index (χ1n) is 16.9. The van der Waals surface area contributed by atoms with E-state index in [-0.39, 0.29) is 16.6 Å². The Hall–Kier alpha value is -4.41. The third-order valence-electron chi connectivity index (χ3n) is 9.71. The van der Waals surface area contributed by atoms with E-state index < -0.39 is 8.07 Å². The minimum atomic E-state index is -2.67. The summed E-state index contributed by atoms with van der Waals surface area (Å²) >= 11 is 0. The van der Waals surface area contributed by atoms with E-state index in [0.717, 1.165) is 19.2 Å². The zero-order valence-electron chi connectivity index (χ0n) is 28.8. The number of hydrogen-bond donors (Lipinski definition) is 0. The van der Waals surface area contributed by atoms with Gasteiger partial charge in [-0.15, -0.1) is 0 Å². The quantitative estimate of drug-likeness (QED) is 0.124. The summed E-state index contributed by atoms with van der Waals surface area (Å²) in [6, 6.07) is 52.1. The predicted octanol–water partition coefficient (Wildman–Crippen LogP) is 7.04. The second-order valence-corrected chi connectivity index (χ2v) is 18.8. The van der Waals surface area contributed by atoms with E-state index in [4.69, 9.17) is 4.98 Å². The normalized spacial score (nSPS) is 12.3. The van der Waals surface area contributed by atoms with Crippen molar-refractivity contribution in [3.63, 3.8) is 0 Å². The van der Waals surface area contributed by atoms with Gasteiger partial charge in [-0.3, -0.25) is 4.98 Å². The molecular weight excluding hydrogens is 583 g/mol. The second kappa shape index (κ2) is 13.4. The van der Waals surface area contributed by atoms with Gasteiger partial charge < -0.3 is 4.57 Å². The van der Waals surface area contributed by atoms with Crippen LogP contribution in [0.4, 0.5) is 0 Å². The van der Waals surface area contributed by atoms with Crippen LogP contribution in [0.25, 0.3) is 0 Å². The third-order valence-corrected chi connectivity index (χ3v) is 14.4. The van der Waals surface area contributed by atoms with E-state index in [9.17, 15) is 0 Å². The molecule has 0 bridgehead atoms. The molecule has 6 rings (SSSR count). The lowest BCUT2D eigenvalue weighted by Gasteiger charge is -2.36. The van der Waals surface area contributed by atoms with Crippen molar-refractivity contribution in [3.8, 4) is 0 Å². The Morgan fingerprint density at radius 3 is 1.49 bits per heavy atom. The van der Waals surface area contributed by atoms with Crippen LogP contribution in [-0.4, -0.2) is 24.9 Å². The van der Waals surface area contributed by atoms with Crippen LogP contribution < -0.4 is 21.3 Å². The van der Waals surface area contributed by atoms with E-state index in [1.807, 2.05) is 6.20 Å². The fraction of sp³-hybridized carbons (Fsp3) is 0.233. The summed E-state index contributed by atoms with van der Waals surface area (Å²) < 4.78 is 2.48. The Morgan fingerprint density at radius 1 is 0.574 bits per heavy atom. The van der Waals surface area contributed by atoms with E-state index in [0.29, 0.717) is 0 Å². The molecule has 0 amide bonds. The van der Waals surface area contributed by atoms with Crippen molar-refractivity contribution in [2.75, 3.05) is 0 Å². The number of aromatic nitrogens is 2. The largest absolute Gasteiger partial charge is 0.345 e. The Morgan fingerprint density at radius 2 is 1.02 bits per heavy atom. The Labute approximate surface area is 283 Å². The van der Waals surface area contributed by atoms with Gasteiger partial charge in [0.2, 0.25) is 7.28 Å². The summed E-state index contributed by atoms with van der Waals surface area (Å²) in [5, 5.41) is 4.29. The first kappa shape index (κ1) is 32.5. The average molecular weight is 631 g/mol. The molecule has 0 N–H and O–H groups in total. The van der Waals surface area contributed by atoms with Gasteiger partial charge in [0, 0.05) is 18.6 Å². The Balaban J connectivity index is 1.56. The topological polar surface area (TPSA) is 17.8 Å². The van der Waals surface area contributed by atoms with Gasteiger partial charge >= 0.3 is 0 Å². The molecule has 1 heterocycles. The van der Waals surface area contributed by atoms with E-state index >= 15 is 0 Å². The summed E-state index contributed by atoms with van der Waals surface area (Å²) in [6.07, 6.45) is 5.09. The molecule has 0 aliphatic heterocycles. The molecule has 2 nitrogen and oxygen atoms in total. The maximum Gasteiger partial charge on any atom is 0.217 e. The molecule has 6 aromatic rings. The van der Waals surface area contributed by atoms with Crippen LogP contribution in [0.2, 0.25) is 0 Å². The zero-order valence-corrected chi connectivity index (χ0v) is 29.8. The van der Waals surface area contributed by atoms with Crippen LogP contribution in [0, 0.1) is 0 Å². The van der Waals surface area contributed by atoms with E-state index in [1.54, 1.807) is 0 Å². The van der Waals surface area contributed by atoms with Gasteiger partial charge in [-0.25, -0.2) is 0 Å². The molecule has 4 heteroatoms. The molecule has 0 radical (unpaired) electrons. The second-order valence-electron chi connectivity index (χ2n) is 15.0.